The fraction of sp³-hybridized carbons (Fsp3) is 0.556. The molecule has 15 heavy (non-hydrogen) atoms. The van der Waals surface area contributed by atoms with Crippen molar-refractivity contribution in [1.82, 2.24) is 0 Å². The Bertz CT molecular complexity index is 352. The Hall–Kier alpha value is -0.650. The lowest BCUT2D eigenvalue weighted by atomic mass is 10.1. The van der Waals surface area contributed by atoms with Crippen LogP contribution in [0.25, 0.3) is 0 Å². The molecule has 0 spiro atoms. The van der Waals surface area contributed by atoms with Crippen molar-refractivity contribution < 1.29 is 4.92 Å². The highest BCUT2D eigenvalue weighted by atomic mass is 35.5. The third kappa shape index (κ3) is 3.15. The molecule has 1 fully saturated rings. The predicted molar refractivity (Wildman–Crippen MR) is 62.5 cm³/mol. The highest BCUT2D eigenvalue weighted by Crippen LogP contribution is 2.39. The van der Waals surface area contributed by atoms with Gasteiger partial charge in [-0.25, -0.2) is 0 Å². The summed E-state index contributed by atoms with van der Waals surface area (Å²) in [6.07, 6.45) is 3.50. The van der Waals surface area contributed by atoms with E-state index in [2.05, 4.69) is 0 Å². The Balaban J connectivity index is 0.00000112. The number of rotatable bonds is 4. The average molecular weight is 249 g/mol. The second-order valence-electron chi connectivity index (χ2n) is 3.72. The van der Waals surface area contributed by atoms with Crippen molar-refractivity contribution in [3.8, 4) is 0 Å². The summed E-state index contributed by atoms with van der Waals surface area (Å²) in [6.45, 7) is 0. The average Bonchev–Trinajstić information content (AvgIpc) is 2.81. The summed E-state index contributed by atoms with van der Waals surface area (Å²) in [7, 11) is 0. The molecular formula is C9H13ClN2O2S. The molecule has 1 aliphatic rings. The van der Waals surface area contributed by atoms with E-state index in [0.717, 1.165) is 17.2 Å². The molecule has 2 rings (SSSR count). The van der Waals surface area contributed by atoms with Gasteiger partial charge in [0.1, 0.15) is 0 Å². The van der Waals surface area contributed by atoms with Gasteiger partial charge < -0.3 is 5.73 Å². The summed E-state index contributed by atoms with van der Waals surface area (Å²) in [5, 5.41) is 10.6. The molecule has 2 N–H and O–H groups in total. The van der Waals surface area contributed by atoms with Gasteiger partial charge in [-0.1, -0.05) is 24.2 Å². The summed E-state index contributed by atoms with van der Waals surface area (Å²) in [4.78, 5) is 11.0. The van der Waals surface area contributed by atoms with E-state index >= 15 is 0 Å². The molecule has 1 saturated carbocycles. The van der Waals surface area contributed by atoms with E-state index in [1.807, 2.05) is 0 Å². The fourth-order valence-electron chi connectivity index (χ4n) is 1.47. The third-order valence-corrected chi connectivity index (χ3v) is 3.61. The molecule has 0 aliphatic heterocycles. The lowest BCUT2D eigenvalue weighted by Gasteiger charge is -2.06. The number of halogens is 1. The van der Waals surface area contributed by atoms with Crippen LogP contribution in [0.1, 0.15) is 30.2 Å². The molecule has 0 unspecified atom stereocenters. The summed E-state index contributed by atoms with van der Waals surface area (Å²) in [5.74, 6) is 0.756. The van der Waals surface area contributed by atoms with Crippen molar-refractivity contribution in [3.05, 3.63) is 27.1 Å². The third-order valence-electron chi connectivity index (χ3n) is 2.44. The van der Waals surface area contributed by atoms with E-state index in [1.165, 1.54) is 30.2 Å². The summed E-state index contributed by atoms with van der Waals surface area (Å²) >= 11 is 1.19. The molecular weight excluding hydrogens is 236 g/mol. The Morgan fingerprint density at radius 1 is 1.60 bits per heavy atom. The molecule has 0 radical (unpaired) electrons. The zero-order chi connectivity index (χ0) is 10.1. The second-order valence-corrected chi connectivity index (χ2v) is 4.81. The van der Waals surface area contributed by atoms with Crippen LogP contribution in [0.5, 0.6) is 0 Å². The highest BCUT2D eigenvalue weighted by Gasteiger charge is 2.25. The molecule has 1 aromatic heterocycles. The van der Waals surface area contributed by atoms with E-state index in [-0.39, 0.29) is 28.4 Å². The van der Waals surface area contributed by atoms with Crippen LogP contribution >= 0.6 is 23.7 Å². The zero-order valence-electron chi connectivity index (χ0n) is 8.09. The minimum atomic E-state index is -0.363. The number of hydrogen-bond acceptors (Lipinski definition) is 4. The number of thiophene rings is 1. The molecule has 0 saturated heterocycles. The minimum absolute atomic E-state index is 0. The molecule has 0 aromatic carbocycles. The topological polar surface area (TPSA) is 69.2 Å². The van der Waals surface area contributed by atoms with Gasteiger partial charge in [0.25, 0.3) is 0 Å². The van der Waals surface area contributed by atoms with E-state index in [0.29, 0.717) is 0 Å². The van der Waals surface area contributed by atoms with Crippen molar-refractivity contribution in [3.63, 3.8) is 0 Å². The monoisotopic (exact) mass is 248 g/mol. The summed E-state index contributed by atoms with van der Waals surface area (Å²) in [5.41, 5.74) is 5.94. The van der Waals surface area contributed by atoms with Crippen molar-refractivity contribution in [2.45, 2.75) is 25.3 Å². The molecule has 84 valence electrons. The van der Waals surface area contributed by atoms with Crippen molar-refractivity contribution in [2.24, 2.45) is 11.7 Å². The maximum absolute atomic E-state index is 10.4. The first-order valence-electron chi connectivity index (χ1n) is 4.66. The molecule has 6 heteroatoms. The Morgan fingerprint density at radius 2 is 2.27 bits per heavy atom. The van der Waals surface area contributed by atoms with Crippen LogP contribution in [-0.4, -0.2) is 4.92 Å². The first-order chi connectivity index (χ1) is 6.66. The van der Waals surface area contributed by atoms with E-state index in [1.54, 1.807) is 6.07 Å². The molecule has 0 bridgehead atoms. The lowest BCUT2D eigenvalue weighted by molar-refractivity contribution is -0.380. The molecule has 1 aromatic rings. The van der Waals surface area contributed by atoms with Crippen LogP contribution in [0, 0.1) is 16.0 Å². The van der Waals surface area contributed by atoms with Crippen LogP contribution in [0.2, 0.25) is 0 Å². The fourth-order valence-corrected chi connectivity index (χ4v) is 2.30. The Labute approximate surface area is 98.0 Å². The SMILES string of the molecule is Cl.N[C@@H](CC1CC1)c1ccc([N+](=O)[O-])s1. The first kappa shape index (κ1) is 12.4. The Kier molecular flexibility index (Phi) is 4.07. The van der Waals surface area contributed by atoms with E-state index < -0.39 is 0 Å². The zero-order valence-corrected chi connectivity index (χ0v) is 9.72. The summed E-state index contributed by atoms with van der Waals surface area (Å²) in [6, 6.07) is 3.30. The van der Waals surface area contributed by atoms with Crippen LogP contribution in [0.3, 0.4) is 0 Å². The normalized spacial score (nSPS) is 16.9. The molecule has 1 aliphatic carbocycles. The van der Waals surface area contributed by atoms with Crippen LogP contribution < -0.4 is 5.73 Å². The second kappa shape index (κ2) is 4.92. The van der Waals surface area contributed by atoms with Gasteiger partial charge in [-0.2, -0.15) is 0 Å². The van der Waals surface area contributed by atoms with E-state index in [9.17, 15) is 10.1 Å². The predicted octanol–water partition coefficient (Wildman–Crippen LogP) is 2.88. The first-order valence-corrected chi connectivity index (χ1v) is 5.48. The van der Waals surface area contributed by atoms with Gasteiger partial charge in [0.05, 0.1) is 4.92 Å². The highest BCUT2D eigenvalue weighted by molar-refractivity contribution is 7.15. The smallest absolute Gasteiger partial charge is 0.323 e. The van der Waals surface area contributed by atoms with Gasteiger partial charge in [0.2, 0.25) is 0 Å². The maximum Gasteiger partial charge on any atom is 0.324 e. The van der Waals surface area contributed by atoms with E-state index in [4.69, 9.17) is 5.73 Å². The van der Waals surface area contributed by atoms with Gasteiger partial charge >= 0.3 is 5.00 Å². The number of nitrogens with two attached hydrogens (primary N) is 1. The van der Waals surface area contributed by atoms with Crippen molar-refractivity contribution >= 4 is 28.7 Å². The van der Waals surface area contributed by atoms with Gasteiger partial charge in [-0.05, 0) is 18.4 Å². The number of hydrogen-bond donors (Lipinski definition) is 1. The lowest BCUT2D eigenvalue weighted by Crippen LogP contribution is -2.08. The van der Waals surface area contributed by atoms with Crippen LogP contribution in [0.4, 0.5) is 5.00 Å². The maximum atomic E-state index is 10.4. The Morgan fingerprint density at radius 3 is 2.73 bits per heavy atom. The van der Waals surface area contributed by atoms with Crippen molar-refractivity contribution in [2.75, 3.05) is 0 Å². The molecule has 1 heterocycles. The van der Waals surface area contributed by atoms with Crippen LogP contribution in [-0.2, 0) is 0 Å². The molecule has 0 amide bonds. The largest absolute Gasteiger partial charge is 0.324 e. The van der Waals surface area contributed by atoms with Gasteiger partial charge in [0, 0.05) is 17.0 Å². The van der Waals surface area contributed by atoms with Gasteiger partial charge in [-0.3, -0.25) is 10.1 Å². The molecule has 1 atom stereocenters. The number of nitro groups is 1. The molecule has 4 nitrogen and oxygen atoms in total. The van der Waals surface area contributed by atoms with Crippen molar-refractivity contribution in [1.29, 1.82) is 0 Å². The van der Waals surface area contributed by atoms with Crippen LogP contribution in [0.15, 0.2) is 12.1 Å². The quantitative estimate of drug-likeness (QED) is 0.658. The van der Waals surface area contributed by atoms with Gasteiger partial charge in [0.15, 0.2) is 0 Å². The number of nitrogens with zero attached hydrogens (tertiary/aromatic N) is 1. The standard InChI is InChI=1S/C9H12N2O2S.ClH/c10-7(5-6-1-2-6)8-3-4-9(14-8)11(12)13;/h3-4,6-7H,1-2,5,10H2;1H/t7-;/m0./s1. The minimum Gasteiger partial charge on any atom is -0.323 e. The summed E-state index contributed by atoms with van der Waals surface area (Å²) < 4.78 is 0. The van der Waals surface area contributed by atoms with Gasteiger partial charge in [-0.15, -0.1) is 12.4 Å².